The van der Waals surface area contributed by atoms with Crippen LogP contribution in [-0.2, 0) is 0 Å². The highest BCUT2D eigenvalue weighted by atomic mass is 16.3. The van der Waals surface area contributed by atoms with Crippen LogP contribution in [0.3, 0.4) is 0 Å². The number of fused-ring (bicyclic) bond motifs is 6. The molecule has 0 saturated heterocycles. The van der Waals surface area contributed by atoms with Crippen molar-refractivity contribution in [3.8, 4) is 45.3 Å². The molecular weight excluding hydrogens is 623 g/mol. The Morgan fingerprint density at radius 1 is 0.471 bits per heavy atom. The third kappa shape index (κ3) is 5.12. The number of aromatic nitrogens is 3. The van der Waals surface area contributed by atoms with Crippen molar-refractivity contribution in [3.05, 3.63) is 175 Å². The molecule has 9 aromatic rings. The van der Waals surface area contributed by atoms with Gasteiger partial charge in [0.2, 0.25) is 0 Å². The molecule has 51 heavy (non-hydrogen) atoms. The zero-order valence-electron chi connectivity index (χ0n) is 27.7. The molecule has 0 amide bonds. The molecule has 1 unspecified atom stereocenters. The van der Waals surface area contributed by atoms with Gasteiger partial charge in [-0.3, -0.25) is 0 Å². The summed E-state index contributed by atoms with van der Waals surface area (Å²) in [6.45, 7) is 0. The molecule has 0 aliphatic heterocycles. The second kappa shape index (κ2) is 12.0. The van der Waals surface area contributed by atoms with Crippen LogP contribution in [0.25, 0.3) is 88.8 Å². The first-order valence-corrected chi connectivity index (χ1v) is 17.4. The fourth-order valence-corrected chi connectivity index (χ4v) is 7.51. The number of hydrogen-bond acceptors (Lipinski definition) is 4. The van der Waals surface area contributed by atoms with Gasteiger partial charge in [0.15, 0.2) is 17.5 Å². The smallest absolute Gasteiger partial charge is 0.164 e. The Kier molecular flexibility index (Phi) is 6.91. The van der Waals surface area contributed by atoms with Crippen LogP contribution < -0.4 is 0 Å². The number of nitrogens with zero attached hydrogens (tertiary/aromatic N) is 3. The maximum atomic E-state index is 6.55. The fourth-order valence-electron chi connectivity index (χ4n) is 7.51. The van der Waals surface area contributed by atoms with E-state index in [0.717, 1.165) is 56.2 Å². The van der Waals surface area contributed by atoms with E-state index in [1.807, 2.05) is 48.5 Å². The molecule has 0 bridgehead atoms. The highest BCUT2D eigenvalue weighted by Crippen LogP contribution is 2.42. The average Bonchev–Trinajstić information content (AvgIpc) is 3.60. The number of benzene rings is 7. The first-order chi connectivity index (χ1) is 25.3. The van der Waals surface area contributed by atoms with Crippen LogP contribution in [0.1, 0.15) is 17.9 Å². The summed E-state index contributed by atoms with van der Waals surface area (Å²) in [5.74, 6) is 2.25. The first-order valence-electron chi connectivity index (χ1n) is 17.4. The van der Waals surface area contributed by atoms with Crippen LogP contribution in [-0.4, -0.2) is 15.0 Å². The molecule has 0 N–H and O–H groups in total. The summed E-state index contributed by atoms with van der Waals surface area (Å²) in [5, 5.41) is 6.96. The maximum absolute atomic E-state index is 6.55. The molecule has 0 spiro atoms. The van der Waals surface area contributed by atoms with Crippen molar-refractivity contribution in [1.29, 1.82) is 0 Å². The maximum Gasteiger partial charge on any atom is 0.164 e. The normalized spacial score (nSPS) is 14.2. The molecule has 4 heteroatoms. The van der Waals surface area contributed by atoms with Crippen molar-refractivity contribution < 1.29 is 4.42 Å². The molecule has 1 aliphatic rings. The minimum atomic E-state index is 0.375. The molecule has 240 valence electrons. The van der Waals surface area contributed by atoms with Gasteiger partial charge in [0.05, 0.1) is 0 Å². The van der Waals surface area contributed by atoms with Gasteiger partial charge >= 0.3 is 0 Å². The predicted molar refractivity (Wildman–Crippen MR) is 209 cm³/mol. The Hall–Kier alpha value is -6.65. The molecule has 1 atom stereocenters. The molecule has 2 heterocycles. The molecule has 4 nitrogen and oxygen atoms in total. The summed E-state index contributed by atoms with van der Waals surface area (Å²) < 4.78 is 6.55. The molecule has 0 fully saturated rings. The largest absolute Gasteiger partial charge is 0.456 e. The van der Waals surface area contributed by atoms with E-state index in [1.54, 1.807) is 0 Å². The van der Waals surface area contributed by atoms with Gasteiger partial charge in [-0.1, -0.05) is 152 Å². The highest BCUT2D eigenvalue weighted by molar-refractivity contribution is 6.18. The van der Waals surface area contributed by atoms with Gasteiger partial charge in [-0.05, 0) is 62.9 Å². The standard InChI is InChI=1S/C47H31N3O/c1-3-11-30(12-4-1)31-21-26-35(27-22-31)46-48-45(34-14-5-2-6-15-34)49-47(50-46)39-18-10-20-42-44(39)43-38(17-9-19-41(43)51-42)36-28-25-33-24-23-32-13-7-8-16-37(32)40(33)29-36/h1-11,13-30H,12H2. The second-order valence-electron chi connectivity index (χ2n) is 13.1. The molecule has 1 aliphatic carbocycles. The van der Waals surface area contributed by atoms with Crippen molar-refractivity contribution in [2.75, 3.05) is 0 Å². The Morgan fingerprint density at radius 3 is 1.86 bits per heavy atom. The van der Waals surface area contributed by atoms with Crippen LogP contribution >= 0.6 is 0 Å². The van der Waals surface area contributed by atoms with Crippen LogP contribution in [0, 0.1) is 0 Å². The van der Waals surface area contributed by atoms with Gasteiger partial charge in [0.25, 0.3) is 0 Å². The van der Waals surface area contributed by atoms with E-state index in [0.29, 0.717) is 23.4 Å². The zero-order chi connectivity index (χ0) is 33.7. The molecule has 10 rings (SSSR count). The van der Waals surface area contributed by atoms with E-state index in [-0.39, 0.29) is 0 Å². The Morgan fingerprint density at radius 2 is 1.10 bits per heavy atom. The van der Waals surface area contributed by atoms with Gasteiger partial charge in [-0.25, -0.2) is 15.0 Å². The van der Waals surface area contributed by atoms with Gasteiger partial charge in [-0.15, -0.1) is 0 Å². The predicted octanol–water partition coefficient (Wildman–Crippen LogP) is 12.3. The third-order valence-electron chi connectivity index (χ3n) is 10.1. The average molecular weight is 654 g/mol. The molecule has 7 aromatic carbocycles. The number of furan rings is 1. The zero-order valence-corrected chi connectivity index (χ0v) is 27.7. The summed E-state index contributed by atoms with van der Waals surface area (Å²) >= 11 is 0. The summed E-state index contributed by atoms with van der Waals surface area (Å²) in [5.41, 5.74) is 7.92. The van der Waals surface area contributed by atoms with Crippen molar-refractivity contribution >= 4 is 43.5 Å². The molecular formula is C47H31N3O. The Labute approximate surface area is 295 Å². The minimum Gasteiger partial charge on any atom is -0.456 e. The monoisotopic (exact) mass is 653 g/mol. The Balaban J connectivity index is 1.17. The second-order valence-corrected chi connectivity index (χ2v) is 13.1. The van der Waals surface area contributed by atoms with Gasteiger partial charge in [-0.2, -0.15) is 0 Å². The lowest BCUT2D eigenvalue weighted by atomic mass is 9.92. The van der Waals surface area contributed by atoms with Crippen molar-refractivity contribution in [2.45, 2.75) is 12.3 Å². The Bertz CT molecular complexity index is 2830. The number of rotatable bonds is 5. The lowest BCUT2D eigenvalue weighted by Gasteiger charge is -2.14. The van der Waals surface area contributed by atoms with E-state index in [2.05, 4.69) is 121 Å². The summed E-state index contributed by atoms with van der Waals surface area (Å²) in [6.07, 6.45) is 9.72. The van der Waals surface area contributed by atoms with E-state index in [1.165, 1.54) is 27.1 Å². The third-order valence-corrected chi connectivity index (χ3v) is 10.1. The SMILES string of the molecule is C1=CCC(c2ccc(-c3nc(-c4ccccc4)nc(-c4cccc5oc6cccc(-c7ccc8ccc9ccccc9c8c7)c6c45)n3)cc2)C=C1. The lowest BCUT2D eigenvalue weighted by molar-refractivity contribution is 0.669. The number of allylic oxidation sites excluding steroid dienone is 4. The minimum absolute atomic E-state index is 0.375. The summed E-state index contributed by atoms with van der Waals surface area (Å²) in [6, 6.07) is 51.0. The van der Waals surface area contributed by atoms with E-state index in [9.17, 15) is 0 Å². The van der Waals surface area contributed by atoms with Crippen LogP contribution in [0.15, 0.2) is 174 Å². The van der Waals surface area contributed by atoms with Crippen molar-refractivity contribution in [2.24, 2.45) is 0 Å². The van der Waals surface area contributed by atoms with E-state index >= 15 is 0 Å². The molecule has 2 aromatic heterocycles. The van der Waals surface area contributed by atoms with Gasteiger partial charge in [0.1, 0.15) is 11.2 Å². The molecule has 0 saturated carbocycles. The quantitative estimate of drug-likeness (QED) is 0.173. The summed E-state index contributed by atoms with van der Waals surface area (Å²) in [7, 11) is 0. The highest BCUT2D eigenvalue weighted by Gasteiger charge is 2.20. The topological polar surface area (TPSA) is 51.8 Å². The van der Waals surface area contributed by atoms with Crippen LogP contribution in [0.2, 0.25) is 0 Å². The van der Waals surface area contributed by atoms with E-state index < -0.39 is 0 Å². The lowest BCUT2D eigenvalue weighted by Crippen LogP contribution is -2.01. The van der Waals surface area contributed by atoms with Crippen molar-refractivity contribution in [1.82, 2.24) is 15.0 Å². The summed E-state index contributed by atoms with van der Waals surface area (Å²) in [4.78, 5) is 15.3. The fraction of sp³-hybridized carbons (Fsp3) is 0.0426. The van der Waals surface area contributed by atoms with Crippen molar-refractivity contribution in [3.63, 3.8) is 0 Å². The van der Waals surface area contributed by atoms with Gasteiger partial charge in [0, 0.05) is 33.4 Å². The number of hydrogen-bond donors (Lipinski definition) is 0. The first kappa shape index (κ1) is 29.3. The van der Waals surface area contributed by atoms with Gasteiger partial charge < -0.3 is 4.42 Å². The molecule has 0 radical (unpaired) electrons. The van der Waals surface area contributed by atoms with Crippen LogP contribution in [0.5, 0.6) is 0 Å². The van der Waals surface area contributed by atoms with Crippen LogP contribution in [0.4, 0.5) is 0 Å². The van der Waals surface area contributed by atoms with E-state index in [4.69, 9.17) is 19.4 Å².